The van der Waals surface area contributed by atoms with Crippen LogP contribution in [0.5, 0.6) is 0 Å². The van der Waals surface area contributed by atoms with E-state index in [1.807, 2.05) is 45.3 Å². The summed E-state index contributed by atoms with van der Waals surface area (Å²) in [6.07, 6.45) is 4.22. The minimum Gasteiger partial charge on any atom is -0.222 e. The van der Waals surface area contributed by atoms with Gasteiger partial charge in [-0.3, -0.25) is 0 Å². The van der Waals surface area contributed by atoms with Crippen molar-refractivity contribution in [3.8, 4) is 49.3 Å². The van der Waals surface area contributed by atoms with Crippen LogP contribution in [0.1, 0.15) is 87.4 Å². The van der Waals surface area contributed by atoms with Gasteiger partial charge in [0, 0.05) is 19.5 Å². The Labute approximate surface area is 351 Å². The van der Waals surface area contributed by atoms with Gasteiger partial charge in [0.15, 0.2) is 19.3 Å². The maximum Gasteiger partial charge on any atom is 0.155 e. The Morgan fingerprint density at radius 3 is 0.907 bits per heavy atom. The molecule has 0 saturated heterocycles. The molecule has 0 atom stereocenters. The summed E-state index contributed by atoms with van der Waals surface area (Å²) in [5.74, 6) is 2.33. The molecule has 4 nitrogen and oxygen atoms in total. The van der Waals surface area contributed by atoms with Gasteiger partial charge < -0.3 is 0 Å². The van der Waals surface area contributed by atoms with Gasteiger partial charge in [0.2, 0.25) is 0 Å². The first-order valence-corrected chi connectivity index (χ1v) is 25.3. The zero-order valence-corrected chi connectivity index (χ0v) is 39.0. The highest BCUT2D eigenvalue weighted by atomic mass is 32.1. The zero-order valence-electron chi connectivity index (χ0n) is 32.5. The summed E-state index contributed by atoms with van der Waals surface area (Å²) < 4.78 is 0. The first-order chi connectivity index (χ1) is 25.8. The number of hydrogen-bond acceptors (Lipinski definition) is 12. The molecule has 0 saturated carbocycles. The van der Waals surface area contributed by atoms with Crippen LogP contribution in [0.4, 0.5) is 0 Å². The molecular weight excluding hydrogens is 817 g/mol. The normalized spacial score (nSPS) is 12.5. The number of aryl methyl sites for hydroxylation is 2. The first kappa shape index (κ1) is 38.7. The van der Waals surface area contributed by atoms with Crippen molar-refractivity contribution in [2.24, 2.45) is 23.7 Å². The third-order valence-corrected chi connectivity index (χ3v) is 18.4. The molecule has 282 valence electrons. The summed E-state index contributed by atoms with van der Waals surface area (Å²) in [6.45, 7) is 22.8. The van der Waals surface area contributed by atoms with E-state index in [2.05, 4.69) is 93.5 Å². The summed E-state index contributed by atoms with van der Waals surface area (Å²) in [5, 5.41) is 4.44. The molecule has 0 radical (unpaired) electrons. The second-order valence-corrected chi connectivity index (χ2v) is 24.6. The highest BCUT2D eigenvalue weighted by molar-refractivity contribution is 7.34. The van der Waals surface area contributed by atoms with Gasteiger partial charge in [-0.25, -0.2) is 19.9 Å². The Morgan fingerprint density at radius 2 is 0.630 bits per heavy atom. The van der Waals surface area contributed by atoms with Gasteiger partial charge in [-0.1, -0.05) is 101 Å². The fourth-order valence-electron chi connectivity index (χ4n) is 7.00. The van der Waals surface area contributed by atoms with Crippen molar-refractivity contribution in [2.75, 3.05) is 0 Å². The number of thiophene rings is 4. The van der Waals surface area contributed by atoms with Crippen LogP contribution in [0.15, 0.2) is 24.3 Å². The Bertz CT molecular complexity index is 2330. The smallest absolute Gasteiger partial charge is 0.155 e. The van der Waals surface area contributed by atoms with Crippen molar-refractivity contribution in [1.82, 2.24) is 19.9 Å². The van der Waals surface area contributed by atoms with Crippen LogP contribution in [-0.2, 0) is 25.7 Å². The number of hydrogen-bond donors (Lipinski definition) is 0. The van der Waals surface area contributed by atoms with Crippen molar-refractivity contribution >= 4 is 110 Å². The van der Waals surface area contributed by atoms with Crippen LogP contribution >= 0.6 is 90.7 Å². The molecule has 0 aliphatic heterocycles. The quantitative estimate of drug-likeness (QED) is 0.116. The monoisotopic (exact) mass is 862 g/mol. The van der Waals surface area contributed by atoms with E-state index in [0.717, 1.165) is 65.0 Å². The third kappa shape index (κ3) is 8.01. The average molecular weight is 863 g/mol. The Hall–Kier alpha value is -2.16. The minimum absolute atomic E-state index is 0.550. The molecule has 8 aromatic heterocycles. The molecule has 0 bridgehead atoms. The lowest BCUT2D eigenvalue weighted by atomic mass is 10.0. The van der Waals surface area contributed by atoms with Gasteiger partial charge in [-0.15, -0.1) is 45.3 Å². The number of aromatic nitrogens is 4. The van der Waals surface area contributed by atoms with Crippen LogP contribution in [0.25, 0.3) is 68.6 Å². The molecule has 0 N–H and O–H groups in total. The van der Waals surface area contributed by atoms with E-state index in [1.165, 1.54) is 61.3 Å². The largest absolute Gasteiger partial charge is 0.222 e. The second-order valence-electron chi connectivity index (χ2n) is 16.0. The molecule has 8 rings (SSSR count). The molecule has 0 aliphatic rings. The van der Waals surface area contributed by atoms with E-state index in [9.17, 15) is 0 Å². The van der Waals surface area contributed by atoms with E-state index >= 15 is 0 Å². The van der Waals surface area contributed by atoms with Gasteiger partial charge in [0.05, 0.1) is 19.5 Å². The molecular formula is C42H46N4S8. The summed E-state index contributed by atoms with van der Waals surface area (Å²) in [4.78, 5) is 35.7. The van der Waals surface area contributed by atoms with Crippen LogP contribution in [0.2, 0.25) is 0 Å². The third-order valence-electron chi connectivity index (χ3n) is 8.97. The van der Waals surface area contributed by atoms with Crippen molar-refractivity contribution in [1.29, 1.82) is 0 Å². The molecule has 0 fully saturated rings. The average Bonchev–Trinajstić information content (AvgIpc) is 3.90. The number of thiazole rings is 4. The molecule has 0 aromatic carbocycles. The molecule has 8 aromatic rings. The van der Waals surface area contributed by atoms with Crippen LogP contribution in [-0.4, -0.2) is 19.9 Å². The van der Waals surface area contributed by atoms with Crippen molar-refractivity contribution in [3.05, 3.63) is 56.3 Å². The SMILES string of the molecule is Cc1cc(CC(C)C)c(-c2nc3sc(-c4sc(-c5cc(CC(C)C)c(-c6nc7sc(-c8sc(C)cc8CC(C)C)nc7s6)s5)cc4CC(C)C)nc3s2)s1. The molecule has 0 unspecified atom stereocenters. The number of rotatable bonds is 13. The lowest BCUT2D eigenvalue weighted by Crippen LogP contribution is -1.93. The van der Waals surface area contributed by atoms with Gasteiger partial charge in [-0.2, -0.15) is 0 Å². The molecule has 8 heterocycles. The van der Waals surface area contributed by atoms with E-state index in [4.69, 9.17) is 19.9 Å². The molecule has 0 aliphatic carbocycles. The Morgan fingerprint density at radius 1 is 0.370 bits per heavy atom. The maximum atomic E-state index is 5.26. The maximum absolute atomic E-state index is 5.26. The van der Waals surface area contributed by atoms with Crippen molar-refractivity contribution in [3.63, 3.8) is 0 Å². The van der Waals surface area contributed by atoms with Gasteiger partial charge in [0.25, 0.3) is 0 Å². The van der Waals surface area contributed by atoms with Gasteiger partial charge in [0.1, 0.15) is 20.0 Å². The molecule has 12 heteroatoms. The highest BCUT2D eigenvalue weighted by Gasteiger charge is 2.25. The van der Waals surface area contributed by atoms with E-state index < -0.39 is 0 Å². The zero-order chi connectivity index (χ0) is 38.0. The summed E-state index contributed by atoms with van der Waals surface area (Å²) in [7, 11) is 0. The Balaban J connectivity index is 1.13. The van der Waals surface area contributed by atoms with Gasteiger partial charge >= 0.3 is 0 Å². The minimum atomic E-state index is 0.550. The number of nitrogens with zero attached hydrogens (tertiary/aromatic N) is 4. The summed E-state index contributed by atoms with van der Waals surface area (Å²) in [6, 6.07) is 9.59. The molecule has 54 heavy (non-hydrogen) atoms. The van der Waals surface area contributed by atoms with E-state index in [-0.39, 0.29) is 0 Å². The Kier molecular flexibility index (Phi) is 11.2. The standard InChI is InChI=1S/C42H46N4S8/c1-19(2)11-25-15-23(9)47-31(25)35-43-39-41(51-35)45-37(53-39)33-27(13-21(5)6)17-29(49-33)30-18-28(14-22(7)8)34(50-30)38-46-42-40(54-38)44-36(52-42)32-26(12-20(3)4)16-24(10)48-32/h15-22H,11-14H2,1-10H3. The van der Waals surface area contributed by atoms with Gasteiger partial charge in [-0.05, 0) is 110 Å². The van der Waals surface area contributed by atoms with Crippen molar-refractivity contribution < 1.29 is 0 Å². The fraction of sp³-hybridized carbons (Fsp3) is 0.429. The van der Waals surface area contributed by atoms with Crippen molar-refractivity contribution in [2.45, 2.75) is 94.9 Å². The first-order valence-electron chi connectivity index (χ1n) is 18.8. The topological polar surface area (TPSA) is 51.6 Å². The van der Waals surface area contributed by atoms with Crippen LogP contribution in [0, 0.1) is 37.5 Å². The highest BCUT2D eigenvalue weighted by Crippen LogP contribution is 2.49. The predicted octanol–water partition coefficient (Wildman–Crippen LogP) is 15.8. The summed E-state index contributed by atoms with van der Waals surface area (Å²) >= 11 is 14.6. The van der Waals surface area contributed by atoms with E-state index in [0.29, 0.717) is 23.7 Å². The molecule has 0 amide bonds. The summed E-state index contributed by atoms with van der Waals surface area (Å²) in [5.41, 5.74) is 5.64. The van der Waals surface area contributed by atoms with Crippen LogP contribution < -0.4 is 0 Å². The lowest BCUT2D eigenvalue weighted by Gasteiger charge is -2.04. The fourth-order valence-corrected chi connectivity index (χ4v) is 16.1. The number of fused-ring (bicyclic) bond motifs is 2. The predicted molar refractivity (Wildman–Crippen MR) is 246 cm³/mol. The second kappa shape index (κ2) is 15.6. The molecule has 0 spiro atoms. The lowest BCUT2D eigenvalue weighted by molar-refractivity contribution is 0.649. The van der Waals surface area contributed by atoms with Crippen LogP contribution in [0.3, 0.4) is 0 Å². The van der Waals surface area contributed by atoms with E-state index in [1.54, 1.807) is 45.3 Å².